The molecule has 1 aromatic rings. The highest BCUT2D eigenvalue weighted by molar-refractivity contribution is 7.90. The summed E-state index contributed by atoms with van der Waals surface area (Å²) in [6.07, 6.45) is 2.35. The molecular formula is C17H24N4O3S. The molecule has 0 spiro atoms. The van der Waals surface area contributed by atoms with Gasteiger partial charge in [-0.3, -0.25) is 14.5 Å². The van der Waals surface area contributed by atoms with Crippen molar-refractivity contribution >= 4 is 21.8 Å². The molecule has 2 aliphatic rings. The summed E-state index contributed by atoms with van der Waals surface area (Å²) < 4.78 is 26.6. The first-order valence-electron chi connectivity index (χ1n) is 8.46. The fourth-order valence-corrected chi connectivity index (χ4v) is 4.41. The molecule has 1 saturated carbocycles. The van der Waals surface area contributed by atoms with Crippen LogP contribution in [0.5, 0.6) is 0 Å². The topological polar surface area (TPSA) is 114 Å². The summed E-state index contributed by atoms with van der Waals surface area (Å²) in [7, 11) is -3.56. The van der Waals surface area contributed by atoms with Crippen LogP contribution in [0, 0.1) is 5.92 Å². The van der Waals surface area contributed by atoms with Crippen molar-refractivity contribution in [3.63, 3.8) is 0 Å². The molecule has 136 valence electrons. The van der Waals surface area contributed by atoms with E-state index in [1.165, 1.54) is 0 Å². The van der Waals surface area contributed by atoms with E-state index in [0.717, 1.165) is 12.8 Å². The molecule has 1 aliphatic heterocycles. The number of sulfonamides is 1. The molecule has 2 atom stereocenters. The number of amidine groups is 1. The Morgan fingerprint density at radius 2 is 2.12 bits per heavy atom. The van der Waals surface area contributed by atoms with E-state index in [9.17, 15) is 13.2 Å². The van der Waals surface area contributed by atoms with E-state index in [1.807, 2.05) is 6.92 Å². The van der Waals surface area contributed by atoms with Crippen molar-refractivity contribution in [1.29, 1.82) is 0 Å². The molecule has 8 heteroatoms. The molecule has 2 unspecified atom stereocenters. The Kier molecular flexibility index (Phi) is 4.59. The van der Waals surface area contributed by atoms with Crippen LogP contribution < -0.4 is 15.8 Å². The SMILES string of the molecule is CC(CC(=O)NC(C)(CN)C1CC1)N=C1NS(=O)(=O)c2ccccc21. The van der Waals surface area contributed by atoms with Crippen molar-refractivity contribution in [3.05, 3.63) is 29.8 Å². The molecule has 1 fully saturated rings. The number of amides is 1. The van der Waals surface area contributed by atoms with Crippen molar-refractivity contribution < 1.29 is 13.2 Å². The van der Waals surface area contributed by atoms with Gasteiger partial charge < -0.3 is 11.1 Å². The fourth-order valence-electron chi connectivity index (χ4n) is 3.17. The number of carbonyl (C=O) groups is 1. The van der Waals surface area contributed by atoms with E-state index in [2.05, 4.69) is 15.0 Å². The Morgan fingerprint density at radius 3 is 2.76 bits per heavy atom. The number of hydrogen-bond donors (Lipinski definition) is 3. The summed E-state index contributed by atoms with van der Waals surface area (Å²) in [5.41, 5.74) is 5.99. The molecule has 1 aromatic carbocycles. The highest BCUT2D eigenvalue weighted by Crippen LogP contribution is 2.39. The minimum atomic E-state index is -3.56. The van der Waals surface area contributed by atoms with Crippen molar-refractivity contribution in [2.24, 2.45) is 16.6 Å². The third kappa shape index (κ3) is 3.69. The van der Waals surface area contributed by atoms with Gasteiger partial charge in [0.2, 0.25) is 5.91 Å². The summed E-state index contributed by atoms with van der Waals surface area (Å²) in [5, 5.41) is 3.02. The fraction of sp³-hybridized carbons (Fsp3) is 0.529. The maximum Gasteiger partial charge on any atom is 0.263 e. The average molecular weight is 364 g/mol. The van der Waals surface area contributed by atoms with Gasteiger partial charge in [-0.25, -0.2) is 8.42 Å². The van der Waals surface area contributed by atoms with Crippen molar-refractivity contribution in [1.82, 2.24) is 10.0 Å². The van der Waals surface area contributed by atoms with Gasteiger partial charge in [0.15, 0.2) is 0 Å². The molecule has 1 amide bonds. The highest BCUT2D eigenvalue weighted by Gasteiger charge is 2.41. The lowest BCUT2D eigenvalue weighted by molar-refractivity contribution is -0.123. The van der Waals surface area contributed by atoms with Crippen LogP contribution >= 0.6 is 0 Å². The maximum atomic E-state index is 12.3. The average Bonchev–Trinajstić information content (AvgIpc) is 3.36. The van der Waals surface area contributed by atoms with Gasteiger partial charge in [-0.2, -0.15) is 0 Å². The van der Waals surface area contributed by atoms with E-state index >= 15 is 0 Å². The quantitative estimate of drug-likeness (QED) is 0.691. The maximum absolute atomic E-state index is 12.3. The standard InChI is InChI=1S/C17H24N4O3S/c1-11(9-15(22)20-17(2,10-18)12-7-8-12)19-16-13-5-3-4-6-14(13)25(23,24)21-16/h3-6,11-12H,7-10,18H2,1-2H3,(H,19,21)(H,20,22). The summed E-state index contributed by atoms with van der Waals surface area (Å²) in [4.78, 5) is 17.0. The molecular weight excluding hydrogens is 340 g/mol. The number of aliphatic imine (C=N–C) groups is 1. The molecule has 0 aromatic heterocycles. The number of hydrogen-bond acceptors (Lipinski definition) is 5. The van der Waals surface area contributed by atoms with Gasteiger partial charge in [0.25, 0.3) is 10.0 Å². The van der Waals surface area contributed by atoms with Gasteiger partial charge >= 0.3 is 0 Å². The second kappa shape index (κ2) is 6.42. The van der Waals surface area contributed by atoms with E-state index < -0.39 is 10.0 Å². The summed E-state index contributed by atoms with van der Waals surface area (Å²) in [6, 6.07) is 6.32. The lowest BCUT2D eigenvalue weighted by Crippen LogP contribution is -2.53. The predicted molar refractivity (Wildman–Crippen MR) is 95.7 cm³/mol. The van der Waals surface area contributed by atoms with Crippen molar-refractivity contribution in [2.45, 2.75) is 49.6 Å². The molecule has 3 rings (SSSR count). The number of nitrogens with two attached hydrogens (primary N) is 1. The lowest BCUT2D eigenvalue weighted by atomic mass is 9.95. The minimum Gasteiger partial charge on any atom is -0.349 e. The van der Waals surface area contributed by atoms with Crippen LogP contribution in [0.2, 0.25) is 0 Å². The van der Waals surface area contributed by atoms with Gasteiger partial charge in [-0.15, -0.1) is 0 Å². The molecule has 0 radical (unpaired) electrons. The molecule has 25 heavy (non-hydrogen) atoms. The Balaban J connectivity index is 1.69. The van der Waals surface area contributed by atoms with E-state index in [0.29, 0.717) is 23.9 Å². The molecule has 0 saturated heterocycles. The molecule has 0 bridgehead atoms. The number of carbonyl (C=O) groups excluding carboxylic acids is 1. The van der Waals surface area contributed by atoms with Gasteiger partial charge in [0, 0.05) is 18.5 Å². The van der Waals surface area contributed by atoms with Crippen LogP contribution in [0.15, 0.2) is 34.2 Å². The van der Waals surface area contributed by atoms with E-state index in [1.54, 1.807) is 31.2 Å². The number of fused-ring (bicyclic) bond motifs is 1. The van der Waals surface area contributed by atoms with E-state index in [4.69, 9.17) is 5.73 Å². The van der Waals surface area contributed by atoms with Crippen LogP contribution in [-0.4, -0.2) is 38.3 Å². The van der Waals surface area contributed by atoms with Crippen LogP contribution in [0.1, 0.15) is 38.7 Å². The third-order valence-electron chi connectivity index (χ3n) is 4.82. The molecule has 1 aliphatic carbocycles. The normalized spacial score (nSPS) is 23.4. The number of benzene rings is 1. The molecule has 7 nitrogen and oxygen atoms in total. The Bertz CT molecular complexity index is 817. The number of rotatable bonds is 6. The molecule has 4 N–H and O–H groups in total. The van der Waals surface area contributed by atoms with Gasteiger partial charge in [-0.05, 0) is 44.7 Å². The Morgan fingerprint density at radius 1 is 1.44 bits per heavy atom. The zero-order valence-electron chi connectivity index (χ0n) is 14.5. The van der Waals surface area contributed by atoms with Crippen molar-refractivity contribution in [2.75, 3.05) is 6.54 Å². The second-order valence-corrected chi connectivity index (χ2v) is 8.73. The van der Waals surface area contributed by atoms with Gasteiger partial charge in [0.1, 0.15) is 5.84 Å². The molecule has 1 heterocycles. The largest absolute Gasteiger partial charge is 0.349 e. The smallest absolute Gasteiger partial charge is 0.263 e. The van der Waals surface area contributed by atoms with Crippen LogP contribution in [-0.2, 0) is 14.8 Å². The van der Waals surface area contributed by atoms with Gasteiger partial charge in [0.05, 0.1) is 16.5 Å². The first-order valence-corrected chi connectivity index (χ1v) is 9.94. The summed E-state index contributed by atoms with van der Waals surface area (Å²) >= 11 is 0. The monoisotopic (exact) mass is 364 g/mol. The lowest BCUT2D eigenvalue weighted by Gasteiger charge is -2.29. The Hall–Kier alpha value is -1.93. The zero-order chi connectivity index (χ0) is 18.2. The third-order valence-corrected chi connectivity index (χ3v) is 6.22. The summed E-state index contributed by atoms with van der Waals surface area (Å²) in [6.45, 7) is 4.17. The van der Waals surface area contributed by atoms with Crippen LogP contribution in [0.4, 0.5) is 0 Å². The summed E-state index contributed by atoms with van der Waals surface area (Å²) in [5.74, 6) is 0.613. The second-order valence-electron chi connectivity index (χ2n) is 7.08. The van der Waals surface area contributed by atoms with Gasteiger partial charge in [-0.1, -0.05) is 12.1 Å². The van der Waals surface area contributed by atoms with Crippen molar-refractivity contribution in [3.8, 4) is 0 Å². The first-order chi connectivity index (χ1) is 11.7. The predicted octanol–water partition coefficient (Wildman–Crippen LogP) is 0.747. The highest BCUT2D eigenvalue weighted by atomic mass is 32.2. The zero-order valence-corrected chi connectivity index (χ0v) is 15.3. The first kappa shape index (κ1) is 17.9. The minimum absolute atomic E-state index is 0.120. The number of nitrogens with zero attached hydrogens (tertiary/aromatic N) is 1. The Labute approximate surface area is 148 Å². The van der Waals surface area contributed by atoms with E-state index in [-0.39, 0.29) is 28.8 Å². The number of nitrogens with one attached hydrogen (secondary N) is 2. The van der Waals surface area contributed by atoms with Crippen LogP contribution in [0.25, 0.3) is 0 Å². The van der Waals surface area contributed by atoms with Crippen LogP contribution in [0.3, 0.4) is 0 Å².